The van der Waals surface area contributed by atoms with Crippen LogP contribution in [0.1, 0.15) is 20.8 Å². The summed E-state index contributed by atoms with van der Waals surface area (Å²) in [6.45, 7) is 11.9. The van der Waals surface area contributed by atoms with Crippen molar-refractivity contribution in [3.63, 3.8) is 0 Å². The van der Waals surface area contributed by atoms with Crippen LogP contribution in [0.4, 0.5) is 5.82 Å². The highest BCUT2D eigenvalue weighted by atomic mass is 15.3. The normalized spacial score (nSPS) is 16.6. The van der Waals surface area contributed by atoms with E-state index in [4.69, 9.17) is 0 Å². The average molecular weight is 221 g/mol. The second-order valence-electron chi connectivity index (χ2n) is 3.61. The zero-order valence-corrected chi connectivity index (χ0v) is 10.7. The van der Waals surface area contributed by atoms with Gasteiger partial charge in [-0.05, 0) is 18.7 Å². The zero-order chi connectivity index (χ0) is 11.8. The number of hydrogen-bond donors (Lipinski definition) is 0. The summed E-state index contributed by atoms with van der Waals surface area (Å²) in [7, 11) is 0. The first-order valence-corrected chi connectivity index (χ1v) is 6.28. The van der Waals surface area contributed by atoms with Gasteiger partial charge in [0.2, 0.25) is 0 Å². The lowest BCUT2D eigenvalue weighted by Gasteiger charge is -2.34. The van der Waals surface area contributed by atoms with Crippen molar-refractivity contribution in [2.75, 3.05) is 37.6 Å². The Kier molecular flexibility index (Phi) is 5.86. The second kappa shape index (κ2) is 7.23. The highest BCUT2D eigenvalue weighted by molar-refractivity contribution is 5.38. The Morgan fingerprint density at radius 1 is 1.12 bits per heavy atom. The molecule has 3 heteroatoms. The number of anilines is 1. The van der Waals surface area contributed by atoms with Crippen molar-refractivity contribution in [2.45, 2.75) is 20.8 Å². The molecule has 0 saturated carbocycles. The molecular formula is C13H23N3. The molecule has 1 fully saturated rings. The van der Waals surface area contributed by atoms with Gasteiger partial charge in [-0.25, -0.2) is 4.98 Å². The minimum Gasteiger partial charge on any atom is -0.354 e. The second-order valence-corrected chi connectivity index (χ2v) is 3.61. The largest absolute Gasteiger partial charge is 0.354 e. The zero-order valence-electron chi connectivity index (χ0n) is 10.7. The van der Waals surface area contributed by atoms with Crippen LogP contribution in [-0.4, -0.2) is 42.6 Å². The quantitative estimate of drug-likeness (QED) is 0.763. The smallest absolute Gasteiger partial charge is 0.128 e. The molecule has 0 N–H and O–H groups in total. The maximum atomic E-state index is 4.36. The van der Waals surface area contributed by atoms with E-state index in [0.717, 1.165) is 38.5 Å². The van der Waals surface area contributed by atoms with Crippen LogP contribution < -0.4 is 4.90 Å². The third-order valence-electron chi connectivity index (χ3n) is 2.79. The highest BCUT2D eigenvalue weighted by Gasteiger charge is 2.15. The SMILES string of the molecule is CC.CCN1CCN(c2ccccn2)CC1. The van der Waals surface area contributed by atoms with Crippen molar-refractivity contribution in [2.24, 2.45) is 0 Å². The summed E-state index contributed by atoms with van der Waals surface area (Å²) in [6.07, 6.45) is 1.86. The topological polar surface area (TPSA) is 19.4 Å². The maximum Gasteiger partial charge on any atom is 0.128 e. The molecule has 90 valence electrons. The summed E-state index contributed by atoms with van der Waals surface area (Å²) in [5, 5.41) is 0. The Morgan fingerprint density at radius 3 is 2.31 bits per heavy atom. The van der Waals surface area contributed by atoms with Crippen LogP contribution in [-0.2, 0) is 0 Å². The molecule has 3 nitrogen and oxygen atoms in total. The first-order chi connectivity index (χ1) is 7.90. The van der Waals surface area contributed by atoms with Crippen LogP contribution in [0.15, 0.2) is 24.4 Å². The van der Waals surface area contributed by atoms with Crippen LogP contribution in [0, 0.1) is 0 Å². The fourth-order valence-corrected chi connectivity index (χ4v) is 1.83. The lowest BCUT2D eigenvalue weighted by molar-refractivity contribution is 0.270. The van der Waals surface area contributed by atoms with E-state index in [9.17, 15) is 0 Å². The van der Waals surface area contributed by atoms with Gasteiger partial charge in [-0.3, -0.25) is 0 Å². The molecule has 2 rings (SSSR count). The monoisotopic (exact) mass is 221 g/mol. The number of rotatable bonds is 2. The van der Waals surface area contributed by atoms with E-state index >= 15 is 0 Å². The molecule has 1 aromatic heterocycles. The molecule has 1 saturated heterocycles. The van der Waals surface area contributed by atoms with Gasteiger partial charge in [0.1, 0.15) is 5.82 Å². The third kappa shape index (κ3) is 3.49. The van der Waals surface area contributed by atoms with Crippen molar-refractivity contribution in [1.29, 1.82) is 0 Å². The van der Waals surface area contributed by atoms with E-state index < -0.39 is 0 Å². The molecular weight excluding hydrogens is 198 g/mol. The molecule has 1 aromatic rings. The van der Waals surface area contributed by atoms with Crippen LogP contribution >= 0.6 is 0 Å². The summed E-state index contributed by atoms with van der Waals surface area (Å²) in [6, 6.07) is 6.10. The van der Waals surface area contributed by atoms with Crippen molar-refractivity contribution >= 4 is 5.82 Å². The summed E-state index contributed by atoms with van der Waals surface area (Å²) >= 11 is 0. The van der Waals surface area contributed by atoms with E-state index in [2.05, 4.69) is 33.8 Å². The van der Waals surface area contributed by atoms with E-state index in [1.807, 2.05) is 26.1 Å². The van der Waals surface area contributed by atoms with Crippen molar-refractivity contribution in [1.82, 2.24) is 9.88 Å². The van der Waals surface area contributed by atoms with Crippen molar-refractivity contribution < 1.29 is 0 Å². The summed E-state index contributed by atoms with van der Waals surface area (Å²) in [4.78, 5) is 9.19. The molecule has 0 aromatic carbocycles. The molecule has 0 radical (unpaired) electrons. The van der Waals surface area contributed by atoms with E-state index in [-0.39, 0.29) is 0 Å². The molecule has 0 spiro atoms. The van der Waals surface area contributed by atoms with Gasteiger partial charge < -0.3 is 9.80 Å². The van der Waals surface area contributed by atoms with E-state index in [1.165, 1.54) is 0 Å². The molecule has 2 heterocycles. The molecule has 0 bridgehead atoms. The lowest BCUT2D eigenvalue weighted by atomic mass is 10.3. The Balaban J connectivity index is 0.000000606. The van der Waals surface area contributed by atoms with Gasteiger partial charge in [0.05, 0.1) is 0 Å². The molecule has 1 aliphatic rings. The predicted octanol–water partition coefficient (Wildman–Crippen LogP) is 2.25. The van der Waals surface area contributed by atoms with Crippen LogP contribution in [0.2, 0.25) is 0 Å². The number of likely N-dealkylation sites (N-methyl/N-ethyl adjacent to an activating group) is 1. The molecule has 0 aliphatic carbocycles. The molecule has 16 heavy (non-hydrogen) atoms. The van der Waals surface area contributed by atoms with Gasteiger partial charge in [-0.15, -0.1) is 0 Å². The fourth-order valence-electron chi connectivity index (χ4n) is 1.83. The van der Waals surface area contributed by atoms with Crippen LogP contribution in [0.3, 0.4) is 0 Å². The standard InChI is InChI=1S/C11H17N3.C2H6/c1-2-13-7-9-14(10-8-13)11-5-3-4-6-12-11;1-2/h3-6H,2,7-10H2,1H3;1-2H3. The van der Waals surface area contributed by atoms with Crippen molar-refractivity contribution in [3.8, 4) is 0 Å². The predicted molar refractivity (Wildman–Crippen MR) is 69.9 cm³/mol. The summed E-state index contributed by atoms with van der Waals surface area (Å²) < 4.78 is 0. The Hall–Kier alpha value is -1.09. The maximum absolute atomic E-state index is 4.36. The first-order valence-electron chi connectivity index (χ1n) is 6.28. The molecule has 1 aliphatic heterocycles. The van der Waals surface area contributed by atoms with Crippen LogP contribution in [0.25, 0.3) is 0 Å². The average Bonchev–Trinajstić information content (AvgIpc) is 2.42. The third-order valence-corrected chi connectivity index (χ3v) is 2.79. The molecule has 0 amide bonds. The van der Waals surface area contributed by atoms with Gasteiger partial charge >= 0.3 is 0 Å². The van der Waals surface area contributed by atoms with Gasteiger partial charge in [-0.1, -0.05) is 26.8 Å². The Morgan fingerprint density at radius 2 is 1.81 bits per heavy atom. The minimum absolute atomic E-state index is 1.10. The van der Waals surface area contributed by atoms with Gasteiger partial charge in [-0.2, -0.15) is 0 Å². The highest BCUT2D eigenvalue weighted by Crippen LogP contribution is 2.11. The number of aromatic nitrogens is 1. The fraction of sp³-hybridized carbons (Fsp3) is 0.615. The minimum atomic E-state index is 1.10. The lowest BCUT2D eigenvalue weighted by Crippen LogP contribution is -2.46. The number of piperazine rings is 1. The Bertz CT molecular complexity index is 266. The molecule has 0 unspecified atom stereocenters. The van der Waals surface area contributed by atoms with Crippen molar-refractivity contribution in [3.05, 3.63) is 24.4 Å². The summed E-state index contributed by atoms with van der Waals surface area (Å²) in [5.74, 6) is 1.11. The van der Waals surface area contributed by atoms with Crippen LogP contribution in [0.5, 0.6) is 0 Å². The Labute approximate surface area is 99.1 Å². The van der Waals surface area contributed by atoms with E-state index in [0.29, 0.717) is 0 Å². The number of pyridine rings is 1. The number of hydrogen-bond acceptors (Lipinski definition) is 3. The van der Waals surface area contributed by atoms with Gasteiger partial charge in [0.25, 0.3) is 0 Å². The van der Waals surface area contributed by atoms with Gasteiger partial charge in [0, 0.05) is 32.4 Å². The first kappa shape index (κ1) is 13.0. The molecule has 0 atom stereocenters. The van der Waals surface area contributed by atoms with Gasteiger partial charge in [0.15, 0.2) is 0 Å². The van der Waals surface area contributed by atoms with E-state index in [1.54, 1.807) is 0 Å². The number of nitrogens with zero attached hydrogens (tertiary/aromatic N) is 3. The summed E-state index contributed by atoms with van der Waals surface area (Å²) in [5.41, 5.74) is 0.